The number of hydrogen-bond acceptors (Lipinski definition) is 3. The monoisotopic (exact) mass is 189 g/mol. The Bertz CT molecular complexity index is 442. The average molecular weight is 189 g/mol. The molecule has 2 aromatic rings. The molecule has 0 radical (unpaired) electrons. The summed E-state index contributed by atoms with van der Waals surface area (Å²) in [5, 5.41) is 0. The van der Waals surface area contributed by atoms with Gasteiger partial charge in [0.2, 0.25) is 0 Å². The van der Waals surface area contributed by atoms with Crippen molar-refractivity contribution in [3.63, 3.8) is 0 Å². The van der Waals surface area contributed by atoms with Crippen molar-refractivity contribution in [3.8, 4) is 11.3 Å². The Morgan fingerprint density at radius 3 is 2.79 bits per heavy atom. The Morgan fingerprint density at radius 1 is 1.29 bits per heavy atom. The van der Waals surface area contributed by atoms with Crippen molar-refractivity contribution in [2.24, 2.45) is 0 Å². The molecule has 2 aromatic heterocycles. The third-order valence-corrected chi connectivity index (χ3v) is 1.82. The average Bonchev–Trinajstić information content (AvgIpc) is 2.19. The van der Waals surface area contributed by atoms with Crippen LogP contribution in [-0.4, -0.2) is 9.97 Å². The van der Waals surface area contributed by atoms with Crippen LogP contribution in [0, 0.1) is 5.82 Å². The van der Waals surface area contributed by atoms with Gasteiger partial charge in [-0.1, -0.05) is 0 Å². The van der Waals surface area contributed by atoms with Crippen LogP contribution in [0.4, 0.5) is 10.1 Å². The lowest BCUT2D eigenvalue weighted by molar-refractivity contribution is 0.622. The van der Waals surface area contributed by atoms with Crippen molar-refractivity contribution in [2.45, 2.75) is 0 Å². The van der Waals surface area contributed by atoms with Crippen molar-refractivity contribution >= 4 is 5.69 Å². The molecule has 0 atom stereocenters. The molecule has 14 heavy (non-hydrogen) atoms. The largest absolute Gasteiger partial charge is 0.397 e. The van der Waals surface area contributed by atoms with E-state index in [2.05, 4.69) is 9.97 Å². The number of nitrogens with two attached hydrogens (primary N) is 1. The Balaban J connectivity index is 2.53. The van der Waals surface area contributed by atoms with Crippen LogP contribution >= 0.6 is 0 Å². The predicted octanol–water partition coefficient (Wildman–Crippen LogP) is 1.86. The maximum absolute atomic E-state index is 12.7. The zero-order valence-electron chi connectivity index (χ0n) is 7.31. The third kappa shape index (κ3) is 1.54. The summed E-state index contributed by atoms with van der Waals surface area (Å²) in [6, 6.07) is 4.85. The first-order valence-corrected chi connectivity index (χ1v) is 4.09. The van der Waals surface area contributed by atoms with Crippen LogP contribution in [0.2, 0.25) is 0 Å². The van der Waals surface area contributed by atoms with Crippen LogP contribution < -0.4 is 5.73 Å². The number of halogens is 1. The molecule has 0 fully saturated rings. The molecular weight excluding hydrogens is 181 g/mol. The van der Waals surface area contributed by atoms with Gasteiger partial charge in [0.15, 0.2) is 0 Å². The van der Waals surface area contributed by atoms with E-state index in [0.717, 1.165) is 11.8 Å². The number of aromatic nitrogens is 2. The molecule has 0 aromatic carbocycles. The van der Waals surface area contributed by atoms with Gasteiger partial charge in [-0.2, -0.15) is 0 Å². The van der Waals surface area contributed by atoms with Crippen molar-refractivity contribution in [2.75, 3.05) is 5.73 Å². The molecule has 0 unspecified atom stereocenters. The Kier molecular flexibility index (Phi) is 2.10. The second kappa shape index (κ2) is 3.41. The van der Waals surface area contributed by atoms with E-state index < -0.39 is 5.82 Å². The summed E-state index contributed by atoms with van der Waals surface area (Å²) in [5.41, 5.74) is 7.28. The van der Waals surface area contributed by atoms with E-state index in [1.807, 2.05) is 6.07 Å². The Hall–Kier alpha value is -1.97. The van der Waals surface area contributed by atoms with E-state index in [4.69, 9.17) is 5.73 Å². The molecule has 0 amide bonds. The highest BCUT2D eigenvalue weighted by Crippen LogP contribution is 2.22. The van der Waals surface area contributed by atoms with Crippen LogP contribution in [0.1, 0.15) is 0 Å². The normalized spacial score (nSPS) is 10.1. The topological polar surface area (TPSA) is 51.8 Å². The van der Waals surface area contributed by atoms with Gasteiger partial charge in [0.05, 0.1) is 17.6 Å². The lowest BCUT2D eigenvalue weighted by atomic mass is 10.1. The van der Waals surface area contributed by atoms with Gasteiger partial charge < -0.3 is 5.73 Å². The Labute approximate surface area is 80.4 Å². The number of nitrogen functional groups attached to an aromatic ring is 1. The van der Waals surface area contributed by atoms with Crippen molar-refractivity contribution < 1.29 is 4.39 Å². The fourth-order valence-electron chi connectivity index (χ4n) is 1.20. The number of nitrogens with zero attached hydrogens (tertiary/aromatic N) is 2. The summed E-state index contributed by atoms with van der Waals surface area (Å²) in [6.45, 7) is 0. The second-order valence-electron chi connectivity index (χ2n) is 2.83. The fourth-order valence-corrected chi connectivity index (χ4v) is 1.20. The molecule has 70 valence electrons. The molecule has 2 N–H and O–H groups in total. The lowest BCUT2D eigenvalue weighted by Crippen LogP contribution is -1.94. The zero-order chi connectivity index (χ0) is 9.97. The van der Waals surface area contributed by atoms with Crippen molar-refractivity contribution in [1.29, 1.82) is 0 Å². The first kappa shape index (κ1) is 8.62. The van der Waals surface area contributed by atoms with E-state index >= 15 is 0 Å². The standard InChI is InChI=1S/C10H8FN3/c11-8-4-9(12)10(14-6-8)7-2-1-3-13-5-7/h1-6H,12H2. The van der Waals surface area contributed by atoms with Gasteiger partial charge in [-0.05, 0) is 12.1 Å². The highest BCUT2D eigenvalue weighted by atomic mass is 19.1. The SMILES string of the molecule is Nc1cc(F)cnc1-c1cccnc1. The van der Waals surface area contributed by atoms with E-state index in [1.54, 1.807) is 18.5 Å². The summed E-state index contributed by atoms with van der Waals surface area (Å²) in [4.78, 5) is 7.84. The summed E-state index contributed by atoms with van der Waals surface area (Å²) in [7, 11) is 0. The maximum Gasteiger partial charge on any atom is 0.143 e. The summed E-state index contributed by atoms with van der Waals surface area (Å²) >= 11 is 0. The van der Waals surface area contributed by atoms with Crippen LogP contribution in [-0.2, 0) is 0 Å². The number of rotatable bonds is 1. The minimum Gasteiger partial charge on any atom is -0.397 e. The van der Waals surface area contributed by atoms with Crippen LogP contribution in [0.25, 0.3) is 11.3 Å². The Morgan fingerprint density at radius 2 is 2.14 bits per heavy atom. The smallest absolute Gasteiger partial charge is 0.143 e. The predicted molar refractivity (Wildman–Crippen MR) is 51.8 cm³/mol. The van der Waals surface area contributed by atoms with Gasteiger partial charge in [-0.15, -0.1) is 0 Å². The molecule has 0 aliphatic carbocycles. The zero-order valence-corrected chi connectivity index (χ0v) is 7.31. The molecule has 0 aliphatic heterocycles. The highest BCUT2D eigenvalue weighted by molar-refractivity contribution is 5.71. The number of anilines is 1. The summed E-state index contributed by atoms with van der Waals surface area (Å²) in [6.07, 6.45) is 4.43. The van der Waals surface area contributed by atoms with Crippen molar-refractivity contribution in [1.82, 2.24) is 9.97 Å². The highest BCUT2D eigenvalue weighted by Gasteiger charge is 2.04. The lowest BCUT2D eigenvalue weighted by Gasteiger charge is -2.03. The van der Waals surface area contributed by atoms with Crippen molar-refractivity contribution in [3.05, 3.63) is 42.6 Å². The number of pyridine rings is 2. The quantitative estimate of drug-likeness (QED) is 0.744. The molecule has 4 heteroatoms. The van der Waals surface area contributed by atoms with Gasteiger partial charge >= 0.3 is 0 Å². The minimum absolute atomic E-state index is 0.318. The second-order valence-corrected chi connectivity index (χ2v) is 2.83. The molecule has 0 saturated carbocycles. The van der Waals surface area contributed by atoms with Gasteiger partial charge in [0, 0.05) is 24.0 Å². The molecule has 2 heterocycles. The van der Waals surface area contributed by atoms with E-state index in [1.165, 1.54) is 6.07 Å². The van der Waals surface area contributed by atoms with Gasteiger partial charge in [0.25, 0.3) is 0 Å². The van der Waals surface area contributed by atoms with E-state index in [0.29, 0.717) is 11.4 Å². The fraction of sp³-hybridized carbons (Fsp3) is 0. The molecule has 2 rings (SSSR count). The molecular formula is C10H8FN3. The maximum atomic E-state index is 12.7. The first-order chi connectivity index (χ1) is 6.77. The van der Waals surface area contributed by atoms with Gasteiger partial charge in [0.1, 0.15) is 5.82 Å². The molecule has 0 spiro atoms. The summed E-state index contributed by atoms with van der Waals surface area (Å²) < 4.78 is 12.7. The molecule has 0 aliphatic rings. The third-order valence-electron chi connectivity index (χ3n) is 1.82. The van der Waals surface area contributed by atoms with Crippen LogP contribution in [0.3, 0.4) is 0 Å². The van der Waals surface area contributed by atoms with Crippen LogP contribution in [0.15, 0.2) is 36.8 Å². The molecule has 0 saturated heterocycles. The molecule has 3 nitrogen and oxygen atoms in total. The van der Waals surface area contributed by atoms with Gasteiger partial charge in [-0.3, -0.25) is 9.97 Å². The van der Waals surface area contributed by atoms with E-state index in [9.17, 15) is 4.39 Å². The summed E-state index contributed by atoms with van der Waals surface area (Å²) in [5.74, 6) is -0.435. The van der Waals surface area contributed by atoms with Gasteiger partial charge in [-0.25, -0.2) is 4.39 Å². The minimum atomic E-state index is -0.435. The van der Waals surface area contributed by atoms with E-state index in [-0.39, 0.29) is 0 Å². The van der Waals surface area contributed by atoms with Crippen LogP contribution in [0.5, 0.6) is 0 Å². The first-order valence-electron chi connectivity index (χ1n) is 4.09. The number of hydrogen-bond donors (Lipinski definition) is 1. The molecule has 0 bridgehead atoms.